The van der Waals surface area contributed by atoms with Gasteiger partial charge >= 0.3 is 6.18 Å². The van der Waals surface area contributed by atoms with Gasteiger partial charge in [0.1, 0.15) is 22.6 Å². The maximum absolute atomic E-state index is 13.8. The Balaban J connectivity index is 1.66. The molecule has 0 radical (unpaired) electrons. The van der Waals surface area contributed by atoms with E-state index < -0.39 is 17.8 Å². The van der Waals surface area contributed by atoms with Gasteiger partial charge in [-0.2, -0.15) is 23.4 Å². The van der Waals surface area contributed by atoms with Crippen LogP contribution in [0, 0.1) is 0 Å². The second-order valence-corrected chi connectivity index (χ2v) is 7.53. The Kier molecular flexibility index (Phi) is 4.03. The molecule has 6 rings (SSSR count). The molecule has 166 valence electrons. The number of nitrogens with one attached hydrogen (secondary N) is 2. The van der Waals surface area contributed by atoms with Crippen molar-refractivity contribution in [1.82, 2.24) is 44.6 Å². The molecule has 0 aliphatic carbocycles. The van der Waals surface area contributed by atoms with Crippen LogP contribution in [0.5, 0.6) is 0 Å². The molecule has 0 atom stereocenters. The Morgan fingerprint density at radius 2 is 2.03 bits per heavy atom. The molecule has 5 aromatic rings. The zero-order valence-electron chi connectivity index (χ0n) is 16.8. The molecule has 4 bridgehead atoms. The van der Waals surface area contributed by atoms with Crippen LogP contribution in [0.4, 0.5) is 13.2 Å². The van der Waals surface area contributed by atoms with Crippen molar-refractivity contribution in [3.8, 4) is 22.6 Å². The van der Waals surface area contributed by atoms with E-state index in [1.54, 1.807) is 28.8 Å². The summed E-state index contributed by atoms with van der Waals surface area (Å²) in [4.78, 5) is 26.2. The molecule has 0 spiro atoms. The molecule has 0 aromatic carbocycles. The second kappa shape index (κ2) is 6.85. The van der Waals surface area contributed by atoms with Crippen LogP contribution in [-0.4, -0.2) is 51.8 Å². The number of fused-ring (bicyclic) bond motifs is 8. The number of nitrogens with zero attached hydrogens (tertiary/aromatic N) is 7. The van der Waals surface area contributed by atoms with E-state index in [1.807, 2.05) is 0 Å². The van der Waals surface area contributed by atoms with E-state index in [0.29, 0.717) is 17.8 Å². The molecule has 2 N–H and O–H groups in total. The summed E-state index contributed by atoms with van der Waals surface area (Å²) in [6.45, 7) is 0.396. The summed E-state index contributed by atoms with van der Waals surface area (Å²) in [5.74, 6) is -0.419. The first-order chi connectivity index (χ1) is 15.9. The van der Waals surface area contributed by atoms with Crippen molar-refractivity contribution in [3.05, 3.63) is 48.2 Å². The molecule has 0 saturated heterocycles. The highest BCUT2D eigenvalue weighted by atomic mass is 19.4. The van der Waals surface area contributed by atoms with Crippen molar-refractivity contribution in [1.29, 1.82) is 0 Å². The van der Waals surface area contributed by atoms with E-state index in [9.17, 15) is 18.0 Å². The Hall–Kier alpha value is -4.29. The third kappa shape index (κ3) is 3.03. The number of pyridine rings is 1. The lowest BCUT2D eigenvalue weighted by Crippen LogP contribution is -2.26. The summed E-state index contributed by atoms with van der Waals surface area (Å²) < 4.78 is 44.2. The van der Waals surface area contributed by atoms with Gasteiger partial charge in [0.2, 0.25) is 0 Å². The van der Waals surface area contributed by atoms with Crippen molar-refractivity contribution >= 4 is 22.7 Å². The number of imidazole rings is 1. The fraction of sp³-hybridized carbons (Fsp3) is 0.200. The van der Waals surface area contributed by atoms with Crippen LogP contribution >= 0.6 is 0 Å². The van der Waals surface area contributed by atoms with E-state index in [4.69, 9.17) is 0 Å². The van der Waals surface area contributed by atoms with E-state index in [2.05, 4.69) is 35.6 Å². The van der Waals surface area contributed by atoms with Gasteiger partial charge in [-0.1, -0.05) is 6.07 Å². The number of aromatic amines is 1. The summed E-state index contributed by atoms with van der Waals surface area (Å²) in [6.07, 6.45) is 0.138. The molecule has 5 aromatic heterocycles. The third-order valence-electron chi connectivity index (χ3n) is 5.40. The van der Waals surface area contributed by atoms with Crippen LogP contribution in [0.2, 0.25) is 0 Å². The summed E-state index contributed by atoms with van der Waals surface area (Å²) >= 11 is 0. The number of carbonyl (C=O) groups excluding carboxylic acids is 1. The van der Waals surface area contributed by atoms with Crippen molar-refractivity contribution in [2.45, 2.75) is 19.1 Å². The lowest BCUT2D eigenvalue weighted by molar-refractivity contribution is -0.141. The van der Waals surface area contributed by atoms with Crippen molar-refractivity contribution in [2.24, 2.45) is 0 Å². The van der Waals surface area contributed by atoms with E-state index >= 15 is 0 Å². The van der Waals surface area contributed by atoms with Gasteiger partial charge in [0.05, 0.1) is 17.5 Å². The third-order valence-corrected chi connectivity index (χ3v) is 5.40. The van der Waals surface area contributed by atoms with E-state index in [1.165, 1.54) is 17.1 Å². The molecule has 10 nitrogen and oxygen atoms in total. The monoisotopic (exact) mass is 453 g/mol. The van der Waals surface area contributed by atoms with Crippen LogP contribution in [0.25, 0.3) is 39.5 Å². The van der Waals surface area contributed by atoms with Crippen molar-refractivity contribution in [3.63, 3.8) is 0 Å². The number of amides is 1. The predicted octanol–water partition coefficient (Wildman–Crippen LogP) is 2.68. The van der Waals surface area contributed by atoms with Crippen LogP contribution in [-0.2, 0) is 12.7 Å². The van der Waals surface area contributed by atoms with Crippen LogP contribution in [0.15, 0.2) is 36.8 Å². The van der Waals surface area contributed by atoms with E-state index in [-0.39, 0.29) is 46.9 Å². The minimum absolute atomic E-state index is 0.0507. The normalized spacial score (nSPS) is 14.5. The number of hydrogen-bond acceptors (Lipinski definition) is 6. The minimum Gasteiger partial charge on any atom is -0.351 e. The summed E-state index contributed by atoms with van der Waals surface area (Å²) in [7, 11) is 0. The number of halogens is 3. The van der Waals surface area contributed by atoms with Crippen LogP contribution < -0.4 is 5.32 Å². The summed E-state index contributed by atoms with van der Waals surface area (Å²) in [5, 5.41) is 13.2. The highest BCUT2D eigenvalue weighted by Gasteiger charge is 2.39. The Bertz CT molecular complexity index is 1550. The maximum atomic E-state index is 13.8. The SMILES string of the molecule is O=C1NCCCn2cc(c(C(F)(F)F)n2)-c2[nH]nc3ncc(nc23)-c2c1nc1ccccn21. The highest BCUT2D eigenvalue weighted by molar-refractivity contribution is 5.99. The summed E-state index contributed by atoms with van der Waals surface area (Å²) in [6, 6.07) is 5.30. The molecule has 0 unspecified atom stereocenters. The van der Waals surface area contributed by atoms with Crippen molar-refractivity contribution in [2.75, 3.05) is 6.54 Å². The summed E-state index contributed by atoms with van der Waals surface area (Å²) in [5.41, 5.74) is 0.427. The molecule has 0 fully saturated rings. The van der Waals surface area contributed by atoms with Gasteiger partial charge in [0, 0.05) is 25.5 Å². The van der Waals surface area contributed by atoms with Gasteiger partial charge in [-0.25, -0.2) is 15.0 Å². The standard InChI is InChI=1S/C20H14F3N9O/c21-20(22,23)17-10-9-31(30-17)6-3-5-24-19(33)15-16(32-7-2-1-4-12(32)27-15)11-8-25-18-14(26-11)13(10)28-29-18/h1-2,4,7-9H,3,5-6H2,(H,24,33)(H,25,28,29). The lowest BCUT2D eigenvalue weighted by Gasteiger charge is -2.07. The number of rotatable bonds is 0. The topological polar surface area (TPSA) is 119 Å². The number of H-pyrrole nitrogens is 1. The first-order valence-corrected chi connectivity index (χ1v) is 10.0. The molecule has 6 heterocycles. The molecular weight excluding hydrogens is 439 g/mol. The zero-order chi connectivity index (χ0) is 22.7. The number of aromatic nitrogens is 8. The number of hydrogen-bond donors (Lipinski definition) is 2. The number of alkyl halides is 3. The van der Waals surface area contributed by atoms with Crippen molar-refractivity contribution < 1.29 is 18.0 Å². The van der Waals surface area contributed by atoms with Gasteiger partial charge in [0.15, 0.2) is 17.0 Å². The van der Waals surface area contributed by atoms with E-state index in [0.717, 1.165) is 0 Å². The molecule has 33 heavy (non-hydrogen) atoms. The molecular formula is C20H14F3N9O. The minimum atomic E-state index is -4.68. The van der Waals surface area contributed by atoms with Gasteiger partial charge < -0.3 is 5.32 Å². The van der Waals surface area contributed by atoms with Crippen LogP contribution in [0.3, 0.4) is 0 Å². The molecule has 1 aliphatic rings. The van der Waals surface area contributed by atoms with Crippen LogP contribution in [0.1, 0.15) is 22.6 Å². The zero-order valence-corrected chi connectivity index (χ0v) is 16.8. The first-order valence-electron chi connectivity index (χ1n) is 10.0. The average Bonchev–Trinajstić information content (AvgIpc) is 3.49. The average molecular weight is 453 g/mol. The first kappa shape index (κ1) is 19.4. The fourth-order valence-electron chi connectivity index (χ4n) is 3.95. The molecule has 1 amide bonds. The largest absolute Gasteiger partial charge is 0.435 e. The highest BCUT2D eigenvalue weighted by Crippen LogP contribution is 2.37. The Morgan fingerprint density at radius 1 is 1.15 bits per heavy atom. The van der Waals surface area contributed by atoms with Gasteiger partial charge in [0.25, 0.3) is 5.91 Å². The van der Waals surface area contributed by atoms with Gasteiger partial charge in [-0.3, -0.25) is 19.0 Å². The quantitative estimate of drug-likeness (QED) is 0.372. The molecule has 1 aliphatic heterocycles. The Morgan fingerprint density at radius 3 is 2.88 bits per heavy atom. The lowest BCUT2D eigenvalue weighted by atomic mass is 10.1. The fourth-order valence-corrected chi connectivity index (χ4v) is 3.95. The van der Waals surface area contributed by atoms with Gasteiger partial charge in [-0.05, 0) is 18.6 Å². The number of aryl methyl sites for hydroxylation is 1. The second-order valence-electron chi connectivity index (χ2n) is 7.53. The predicted molar refractivity (Wildman–Crippen MR) is 109 cm³/mol. The smallest absolute Gasteiger partial charge is 0.351 e. The maximum Gasteiger partial charge on any atom is 0.435 e. The molecule has 0 saturated carbocycles. The Labute approximate surface area is 182 Å². The molecule has 13 heteroatoms. The van der Waals surface area contributed by atoms with Gasteiger partial charge in [-0.15, -0.1) is 0 Å². The number of carbonyl (C=O) groups is 1.